The van der Waals surface area contributed by atoms with Gasteiger partial charge in [0.25, 0.3) is 0 Å². The van der Waals surface area contributed by atoms with Crippen LogP contribution in [0.2, 0.25) is 0 Å². The van der Waals surface area contributed by atoms with Gasteiger partial charge in [-0.3, -0.25) is 0 Å². The molecule has 4 heteroatoms. The lowest BCUT2D eigenvalue weighted by atomic mass is 9.82. The van der Waals surface area contributed by atoms with Gasteiger partial charge in [-0.1, -0.05) is 19.9 Å². The van der Waals surface area contributed by atoms with Crippen LogP contribution in [0.4, 0.5) is 8.78 Å². The van der Waals surface area contributed by atoms with E-state index in [4.69, 9.17) is 11.6 Å². The molecule has 84 valence electrons. The van der Waals surface area contributed by atoms with E-state index in [1.165, 1.54) is 12.1 Å². The molecule has 0 heterocycles. The summed E-state index contributed by atoms with van der Waals surface area (Å²) in [4.78, 5) is 0. The van der Waals surface area contributed by atoms with Gasteiger partial charge in [-0.05, 0) is 39.4 Å². The van der Waals surface area contributed by atoms with Gasteiger partial charge in [0.2, 0.25) is 0 Å². The molecule has 0 aliphatic heterocycles. The highest BCUT2D eigenvalue weighted by molar-refractivity contribution is 9.10. The van der Waals surface area contributed by atoms with Crippen molar-refractivity contribution in [3.63, 3.8) is 0 Å². The van der Waals surface area contributed by atoms with Gasteiger partial charge in [0.05, 0.1) is 4.47 Å². The van der Waals surface area contributed by atoms with E-state index < -0.39 is 11.6 Å². The lowest BCUT2D eigenvalue weighted by Gasteiger charge is -2.25. The third-order valence-corrected chi connectivity index (χ3v) is 3.40. The molecule has 0 saturated heterocycles. The van der Waals surface area contributed by atoms with Crippen LogP contribution in [-0.4, -0.2) is 5.88 Å². The van der Waals surface area contributed by atoms with E-state index >= 15 is 0 Å². The molecule has 0 saturated carbocycles. The van der Waals surface area contributed by atoms with E-state index in [2.05, 4.69) is 15.9 Å². The van der Waals surface area contributed by atoms with Gasteiger partial charge < -0.3 is 0 Å². The smallest absolute Gasteiger partial charge is 0.144 e. The Hall–Kier alpha value is -0.150. The summed E-state index contributed by atoms with van der Waals surface area (Å²) in [5.74, 6) is -0.676. The summed E-state index contributed by atoms with van der Waals surface area (Å²) >= 11 is 8.54. The maximum atomic E-state index is 13.8. The monoisotopic (exact) mass is 296 g/mol. The summed E-state index contributed by atoms with van der Waals surface area (Å²) < 4.78 is 26.7. The van der Waals surface area contributed by atoms with Crippen molar-refractivity contribution in [3.05, 3.63) is 33.8 Å². The Balaban J connectivity index is 3.21. The molecule has 0 unspecified atom stereocenters. The topological polar surface area (TPSA) is 0 Å². The maximum Gasteiger partial charge on any atom is 0.144 e. The van der Waals surface area contributed by atoms with E-state index in [0.717, 1.165) is 0 Å². The Kier molecular flexibility index (Phi) is 4.13. The van der Waals surface area contributed by atoms with Gasteiger partial charge in [-0.25, -0.2) is 8.78 Å². The molecule has 0 nitrogen and oxygen atoms in total. The highest BCUT2D eigenvalue weighted by Gasteiger charge is 2.25. The van der Waals surface area contributed by atoms with E-state index in [0.29, 0.717) is 17.9 Å². The van der Waals surface area contributed by atoms with Crippen LogP contribution in [0.3, 0.4) is 0 Å². The maximum absolute atomic E-state index is 13.8. The summed E-state index contributed by atoms with van der Waals surface area (Å²) in [6.45, 7) is 3.77. The predicted molar refractivity (Wildman–Crippen MR) is 62.4 cm³/mol. The fourth-order valence-corrected chi connectivity index (χ4v) is 2.24. The molecule has 0 radical (unpaired) electrons. The van der Waals surface area contributed by atoms with Crippen molar-refractivity contribution in [1.82, 2.24) is 0 Å². The minimum atomic E-state index is -0.585. The first-order chi connectivity index (χ1) is 6.90. The molecule has 0 fully saturated rings. The lowest BCUT2D eigenvalue weighted by Crippen LogP contribution is -2.20. The van der Waals surface area contributed by atoms with E-state index in [1.54, 1.807) is 0 Å². The quantitative estimate of drug-likeness (QED) is 0.563. The standard InChI is InChI=1S/C11H12BrClF2/c1-11(2,5-6-13)7-3-4-8(14)9(12)10(7)15/h3-4H,5-6H2,1-2H3. The van der Waals surface area contributed by atoms with Crippen LogP contribution in [0.15, 0.2) is 16.6 Å². The SMILES string of the molecule is CC(C)(CCCl)c1ccc(F)c(Br)c1F. The number of hydrogen-bond acceptors (Lipinski definition) is 0. The Morgan fingerprint density at radius 3 is 2.47 bits per heavy atom. The highest BCUT2D eigenvalue weighted by atomic mass is 79.9. The minimum Gasteiger partial charge on any atom is -0.206 e. The first kappa shape index (κ1) is 12.9. The second-order valence-corrected chi connectivity index (χ2v) is 5.22. The van der Waals surface area contributed by atoms with Gasteiger partial charge in [0.15, 0.2) is 0 Å². The van der Waals surface area contributed by atoms with E-state index in [1.807, 2.05) is 13.8 Å². The first-order valence-corrected chi connectivity index (χ1v) is 5.93. The molecule has 1 aromatic rings. The highest BCUT2D eigenvalue weighted by Crippen LogP contribution is 2.33. The molecular weight excluding hydrogens is 285 g/mol. The van der Waals surface area contributed by atoms with Crippen LogP contribution >= 0.6 is 27.5 Å². The third kappa shape index (κ3) is 2.70. The van der Waals surface area contributed by atoms with E-state index in [9.17, 15) is 8.78 Å². The summed E-state index contributed by atoms with van der Waals surface area (Å²) in [6, 6.07) is 2.74. The van der Waals surface area contributed by atoms with Crippen LogP contribution in [0.1, 0.15) is 25.8 Å². The Morgan fingerprint density at radius 1 is 1.33 bits per heavy atom. The third-order valence-electron chi connectivity index (χ3n) is 2.48. The normalized spacial score (nSPS) is 11.9. The number of rotatable bonds is 3. The second kappa shape index (κ2) is 4.79. The molecule has 0 atom stereocenters. The fraction of sp³-hybridized carbons (Fsp3) is 0.455. The number of hydrogen-bond donors (Lipinski definition) is 0. The molecule has 0 N–H and O–H groups in total. The summed E-state index contributed by atoms with van der Waals surface area (Å²) in [5, 5.41) is 0. The largest absolute Gasteiger partial charge is 0.206 e. The molecule has 1 aromatic carbocycles. The Bertz CT molecular complexity index is 364. The minimum absolute atomic E-state index is 0.109. The summed E-state index contributed by atoms with van der Waals surface area (Å²) in [5.41, 5.74) is 0.0959. The van der Waals surface area contributed by atoms with Gasteiger partial charge in [-0.15, -0.1) is 11.6 Å². The molecule has 0 bridgehead atoms. The van der Waals surface area contributed by atoms with Crippen LogP contribution < -0.4 is 0 Å². The van der Waals surface area contributed by atoms with Crippen LogP contribution in [-0.2, 0) is 5.41 Å². The molecule has 0 amide bonds. The van der Waals surface area contributed by atoms with Crippen molar-refractivity contribution in [1.29, 1.82) is 0 Å². The molecule has 1 rings (SSSR count). The van der Waals surface area contributed by atoms with Gasteiger partial charge in [0.1, 0.15) is 11.6 Å². The van der Waals surface area contributed by atoms with Crippen LogP contribution in [0, 0.1) is 11.6 Å². The number of benzene rings is 1. The summed E-state index contributed by atoms with van der Waals surface area (Å²) in [7, 11) is 0. The molecule has 15 heavy (non-hydrogen) atoms. The van der Waals surface area contributed by atoms with Crippen molar-refractivity contribution < 1.29 is 8.78 Å². The molecule has 0 aliphatic rings. The van der Waals surface area contributed by atoms with Crippen molar-refractivity contribution in [2.24, 2.45) is 0 Å². The lowest BCUT2D eigenvalue weighted by molar-refractivity contribution is 0.463. The number of halogens is 4. The Morgan fingerprint density at radius 2 is 1.93 bits per heavy atom. The van der Waals surface area contributed by atoms with Crippen molar-refractivity contribution in [2.75, 3.05) is 5.88 Å². The molecule has 0 aliphatic carbocycles. The van der Waals surface area contributed by atoms with Crippen LogP contribution in [0.5, 0.6) is 0 Å². The van der Waals surface area contributed by atoms with E-state index in [-0.39, 0.29) is 9.89 Å². The molecule has 0 aromatic heterocycles. The van der Waals surface area contributed by atoms with Gasteiger partial charge >= 0.3 is 0 Å². The van der Waals surface area contributed by atoms with Crippen LogP contribution in [0.25, 0.3) is 0 Å². The average molecular weight is 298 g/mol. The van der Waals surface area contributed by atoms with Crippen molar-refractivity contribution >= 4 is 27.5 Å². The van der Waals surface area contributed by atoms with Gasteiger partial charge in [0, 0.05) is 5.88 Å². The zero-order valence-corrected chi connectivity index (χ0v) is 10.9. The van der Waals surface area contributed by atoms with Crippen molar-refractivity contribution in [2.45, 2.75) is 25.7 Å². The molecular formula is C11H12BrClF2. The van der Waals surface area contributed by atoms with Gasteiger partial charge in [-0.2, -0.15) is 0 Å². The zero-order valence-electron chi connectivity index (χ0n) is 8.58. The summed E-state index contributed by atoms with van der Waals surface area (Å²) in [6.07, 6.45) is 0.642. The number of alkyl halides is 1. The predicted octanol–water partition coefficient (Wildman–Crippen LogP) is 4.63. The second-order valence-electron chi connectivity index (χ2n) is 4.05. The first-order valence-electron chi connectivity index (χ1n) is 4.60. The molecule has 0 spiro atoms. The Labute approximate surface area is 102 Å². The van der Waals surface area contributed by atoms with Crippen molar-refractivity contribution in [3.8, 4) is 0 Å². The fourth-order valence-electron chi connectivity index (χ4n) is 1.42. The average Bonchev–Trinajstić information content (AvgIpc) is 2.13. The zero-order chi connectivity index (χ0) is 11.6.